The first-order valence-corrected chi connectivity index (χ1v) is 7.62. The average molecular weight is 357 g/mol. The number of carbonyl (C=O) groups excluding carboxylic acids is 2. The lowest BCUT2D eigenvalue weighted by molar-refractivity contribution is -0.114. The summed E-state index contributed by atoms with van der Waals surface area (Å²) in [6.07, 6.45) is 1.38. The number of carbonyl (C=O) groups is 2. The Labute approximate surface area is 147 Å². The first-order valence-electron chi connectivity index (χ1n) is 7.25. The average Bonchev–Trinajstić information content (AvgIpc) is 3.10. The van der Waals surface area contributed by atoms with Crippen LogP contribution in [-0.2, 0) is 4.79 Å². The third-order valence-electron chi connectivity index (χ3n) is 3.26. The zero-order valence-corrected chi connectivity index (χ0v) is 13.9. The van der Waals surface area contributed by atoms with Gasteiger partial charge < -0.3 is 10.6 Å². The molecule has 1 aromatic heterocycles. The maximum atomic E-state index is 12.6. The monoisotopic (exact) mass is 356 g/mol. The van der Waals surface area contributed by atoms with E-state index in [1.54, 1.807) is 42.5 Å². The van der Waals surface area contributed by atoms with Gasteiger partial charge in [0.25, 0.3) is 5.91 Å². The summed E-state index contributed by atoms with van der Waals surface area (Å²) in [6, 6.07) is 11.6. The largest absolute Gasteiger partial charge is 0.326 e. The molecule has 0 radical (unpaired) electrons. The van der Waals surface area contributed by atoms with E-state index in [9.17, 15) is 9.59 Å². The molecule has 3 aromatic rings. The van der Waals surface area contributed by atoms with Gasteiger partial charge in [0.2, 0.25) is 5.91 Å². The zero-order valence-electron chi connectivity index (χ0n) is 13.1. The molecule has 0 unspecified atom stereocenters. The van der Waals surface area contributed by atoms with Gasteiger partial charge in [-0.3, -0.25) is 9.59 Å². The summed E-state index contributed by atoms with van der Waals surface area (Å²) < 4.78 is 1.36. The van der Waals surface area contributed by atoms with Crippen LogP contribution in [0.5, 0.6) is 0 Å². The third-order valence-corrected chi connectivity index (χ3v) is 3.50. The molecular weight excluding hydrogens is 344 g/mol. The molecule has 0 aliphatic rings. The number of amides is 2. The Balaban J connectivity index is 1.83. The van der Waals surface area contributed by atoms with Crippen LogP contribution in [0.15, 0.2) is 48.8 Å². The van der Waals surface area contributed by atoms with Gasteiger partial charge in [-0.15, -0.1) is 5.10 Å². The van der Waals surface area contributed by atoms with Gasteiger partial charge in [0.15, 0.2) is 0 Å². The summed E-state index contributed by atoms with van der Waals surface area (Å²) in [5, 5.41) is 16.8. The van der Waals surface area contributed by atoms with E-state index in [1.807, 2.05) is 0 Å². The number of nitrogens with zero attached hydrogens (tertiary/aromatic N) is 4. The minimum absolute atomic E-state index is 0.163. The first kappa shape index (κ1) is 16.6. The van der Waals surface area contributed by atoms with Crippen molar-refractivity contribution in [1.29, 1.82) is 0 Å². The molecule has 0 aliphatic carbocycles. The highest BCUT2D eigenvalue weighted by Crippen LogP contribution is 2.21. The fourth-order valence-electron chi connectivity index (χ4n) is 2.20. The number of aromatic nitrogens is 4. The molecule has 25 heavy (non-hydrogen) atoms. The molecule has 2 amide bonds. The quantitative estimate of drug-likeness (QED) is 0.747. The molecule has 2 N–H and O–H groups in total. The van der Waals surface area contributed by atoms with Crippen molar-refractivity contribution in [3.05, 3.63) is 59.4 Å². The molecule has 0 saturated heterocycles. The molecule has 126 valence electrons. The minimum Gasteiger partial charge on any atom is -0.326 e. The molecule has 0 atom stereocenters. The molecule has 3 rings (SSSR count). The Bertz CT molecular complexity index is 909. The Morgan fingerprint density at radius 3 is 2.32 bits per heavy atom. The second kappa shape index (κ2) is 7.10. The second-order valence-electron chi connectivity index (χ2n) is 5.13. The maximum Gasteiger partial charge on any atom is 0.257 e. The SMILES string of the molecule is CC(=O)Nc1ccc(NC(=O)c2ccc(Cl)cc2-n2cnnn2)cc1. The van der Waals surface area contributed by atoms with E-state index in [-0.39, 0.29) is 11.8 Å². The van der Waals surface area contributed by atoms with Crippen LogP contribution in [0, 0.1) is 0 Å². The van der Waals surface area contributed by atoms with Gasteiger partial charge in [-0.05, 0) is 52.9 Å². The molecular formula is C16H13ClN6O2. The van der Waals surface area contributed by atoms with Crippen LogP contribution < -0.4 is 10.6 Å². The molecule has 0 fully saturated rings. The smallest absolute Gasteiger partial charge is 0.257 e. The molecule has 0 saturated carbocycles. The Morgan fingerprint density at radius 1 is 1.04 bits per heavy atom. The standard InChI is InChI=1S/C16H13ClN6O2/c1-10(24)19-12-3-5-13(6-4-12)20-16(25)14-7-2-11(17)8-15(14)23-9-18-21-22-23/h2-9H,1H3,(H,19,24)(H,20,25). The number of halogens is 1. The number of benzene rings is 2. The van der Waals surface area contributed by atoms with Crippen LogP contribution in [0.2, 0.25) is 5.02 Å². The van der Waals surface area contributed by atoms with Gasteiger partial charge in [0.05, 0.1) is 11.3 Å². The molecule has 9 heteroatoms. The normalized spacial score (nSPS) is 10.3. The summed E-state index contributed by atoms with van der Waals surface area (Å²) >= 11 is 6.01. The molecule has 0 bridgehead atoms. The summed E-state index contributed by atoms with van der Waals surface area (Å²) in [5.41, 5.74) is 2.05. The number of tetrazole rings is 1. The summed E-state index contributed by atoms with van der Waals surface area (Å²) in [6.45, 7) is 1.43. The third kappa shape index (κ3) is 3.99. The lowest BCUT2D eigenvalue weighted by Crippen LogP contribution is -2.15. The maximum absolute atomic E-state index is 12.6. The summed E-state index contributed by atoms with van der Waals surface area (Å²) in [4.78, 5) is 23.6. The summed E-state index contributed by atoms with van der Waals surface area (Å²) in [7, 11) is 0. The number of hydrogen-bond acceptors (Lipinski definition) is 5. The molecule has 1 heterocycles. The van der Waals surface area contributed by atoms with Crippen LogP contribution >= 0.6 is 11.6 Å². The van der Waals surface area contributed by atoms with Gasteiger partial charge in [-0.25, -0.2) is 0 Å². The summed E-state index contributed by atoms with van der Waals surface area (Å²) in [5.74, 6) is -0.501. The van der Waals surface area contributed by atoms with Crippen LogP contribution in [0.1, 0.15) is 17.3 Å². The number of rotatable bonds is 4. The van der Waals surface area contributed by atoms with Crippen molar-refractivity contribution < 1.29 is 9.59 Å². The van der Waals surface area contributed by atoms with Crippen molar-refractivity contribution in [2.75, 3.05) is 10.6 Å². The van der Waals surface area contributed by atoms with Gasteiger partial charge >= 0.3 is 0 Å². The van der Waals surface area contributed by atoms with Crippen molar-refractivity contribution in [2.24, 2.45) is 0 Å². The predicted molar refractivity (Wildman–Crippen MR) is 92.9 cm³/mol. The van der Waals surface area contributed by atoms with E-state index in [0.29, 0.717) is 27.6 Å². The van der Waals surface area contributed by atoms with Crippen LogP contribution in [0.4, 0.5) is 11.4 Å². The van der Waals surface area contributed by atoms with Crippen LogP contribution in [-0.4, -0.2) is 32.0 Å². The van der Waals surface area contributed by atoms with E-state index in [4.69, 9.17) is 11.6 Å². The topological polar surface area (TPSA) is 102 Å². The van der Waals surface area contributed by atoms with E-state index >= 15 is 0 Å². The number of nitrogens with one attached hydrogen (secondary N) is 2. The second-order valence-corrected chi connectivity index (χ2v) is 5.56. The van der Waals surface area contributed by atoms with Crippen LogP contribution in [0.3, 0.4) is 0 Å². The van der Waals surface area contributed by atoms with Gasteiger partial charge in [0.1, 0.15) is 6.33 Å². The molecule has 0 aliphatic heterocycles. The van der Waals surface area contributed by atoms with Crippen molar-refractivity contribution >= 4 is 34.8 Å². The van der Waals surface area contributed by atoms with E-state index in [1.165, 1.54) is 17.9 Å². The van der Waals surface area contributed by atoms with E-state index in [0.717, 1.165) is 0 Å². The highest BCUT2D eigenvalue weighted by molar-refractivity contribution is 6.31. The van der Waals surface area contributed by atoms with Gasteiger partial charge in [-0.1, -0.05) is 11.6 Å². The lowest BCUT2D eigenvalue weighted by atomic mass is 10.1. The zero-order chi connectivity index (χ0) is 17.8. The number of hydrogen-bond donors (Lipinski definition) is 2. The predicted octanol–water partition coefficient (Wildman–Crippen LogP) is 2.53. The Kier molecular flexibility index (Phi) is 4.71. The van der Waals surface area contributed by atoms with Gasteiger partial charge in [0, 0.05) is 23.3 Å². The van der Waals surface area contributed by atoms with Gasteiger partial charge in [-0.2, -0.15) is 4.68 Å². The van der Waals surface area contributed by atoms with E-state index in [2.05, 4.69) is 26.2 Å². The fourth-order valence-corrected chi connectivity index (χ4v) is 2.36. The van der Waals surface area contributed by atoms with Crippen molar-refractivity contribution in [3.8, 4) is 5.69 Å². The molecule has 0 spiro atoms. The minimum atomic E-state index is -0.338. The Morgan fingerprint density at radius 2 is 1.72 bits per heavy atom. The highest BCUT2D eigenvalue weighted by atomic mass is 35.5. The number of anilines is 2. The van der Waals surface area contributed by atoms with Crippen molar-refractivity contribution in [1.82, 2.24) is 20.2 Å². The van der Waals surface area contributed by atoms with Crippen molar-refractivity contribution in [3.63, 3.8) is 0 Å². The van der Waals surface area contributed by atoms with Crippen LogP contribution in [0.25, 0.3) is 5.69 Å². The lowest BCUT2D eigenvalue weighted by Gasteiger charge is -2.10. The molecule has 2 aromatic carbocycles. The van der Waals surface area contributed by atoms with Crippen molar-refractivity contribution in [2.45, 2.75) is 6.92 Å². The highest BCUT2D eigenvalue weighted by Gasteiger charge is 2.15. The molecule has 8 nitrogen and oxygen atoms in total. The first-order chi connectivity index (χ1) is 12.0. The fraction of sp³-hybridized carbons (Fsp3) is 0.0625. The Hall–Kier alpha value is -3.26. The van der Waals surface area contributed by atoms with E-state index < -0.39 is 0 Å².